The van der Waals surface area contributed by atoms with Crippen LogP contribution in [-0.2, 0) is 22.8 Å². The van der Waals surface area contributed by atoms with Gasteiger partial charge in [-0.15, -0.1) is 24.0 Å². The van der Waals surface area contributed by atoms with Crippen molar-refractivity contribution in [2.75, 3.05) is 53.9 Å². The molecule has 13 heteroatoms. The molecule has 1 aliphatic rings. The van der Waals surface area contributed by atoms with Crippen molar-refractivity contribution in [3.63, 3.8) is 0 Å². The zero-order valence-corrected chi connectivity index (χ0v) is 21.4. The lowest BCUT2D eigenvalue weighted by atomic mass is 10.1. The van der Waals surface area contributed by atoms with Crippen LogP contribution < -0.4 is 5.32 Å². The maximum atomic E-state index is 12.6. The minimum atomic E-state index is -3.42. The molecule has 2 aromatic rings. The normalized spacial score (nSPS) is 16.9. The van der Waals surface area contributed by atoms with Crippen LogP contribution in [0.3, 0.4) is 0 Å². The van der Waals surface area contributed by atoms with Gasteiger partial charge < -0.3 is 19.6 Å². The molecule has 0 spiro atoms. The van der Waals surface area contributed by atoms with E-state index in [1.165, 1.54) is 10.6 Å². The number of aryl methyl sites for hydroxylation is 1. The molecule has 1 atom stereocenters. The molecular formula is C18H31IN8O3S. The van der Waals surface area contributed by atoms with Crippen molar-refractivity contribution in [1.29, 1.82) is 0 Å². The maximum Gasteiger partial charge on any atom is 0.220 e. The first-order valence-electron chi connectivity index (χ1n) is 9.78. The second kappa shape index (κ2) is 11.2. The van der Waals surface area contributed by atoms with Crippen LogP contribution in [0.1, 0.15) is 17.3 Å². The molecule has 3 rings (SSSR count). The fourth-order valence-electron chi connectivity index (χ4n) is 3.50. The van der Waals surface area contributed by atoms with E-state index in [1.54, 1.807) is 17.8 Å². The molecule has 3 heterocycles. The summed E-state index contributed by atoms with van der Waals surface area (Å²) in [6, 6.07) is 1.71. The Balaban J connectivity index is 0.00000341. The summed E-state index contributed by atoms with van der Waals surface area (Å²) in [4.78, 5) is 8.60. The lowest BCUT2D eigenvalue weighted by Gasteiger charge is -2.36. The number of hydrogen-bond acceptors (Lipinski definition) is 7. The smallest absolute Gasteiger partial charge is 0.220 e. The van der Waals surface area contributed by atoms with Crippen LogP contribution in [0.15, 0.2) is 34.2 Å². The monoisotopic (exact) mass is 566 g/mol. The van der Waals surface area contributed by atoms with E-state index in [-0.39, 0.29) is 35.8 Å². The molecule has 11 nitrogen and oxygen atoms in total. The minimum Gasteiger partial charge on any atom is -0.364 e. The van der Waals surface area contributed by atoms with E-state index in [9.17, 15) is 8.42 Å². The lowest BCUT2D eigenvalue weighted by Crippen LogP contribution is -2.54. The number of likely N-dealkylation sites (N-methyl/N-ethyl adjacent to an activating group) is 1. The Hall–Kier alpha value is -1.71. The third-order valence-corrected chi connectivity index (χ3v) is 6.96. The third-order valence-electron chi connectivity index (χ3n) is 5.15. The van der Waals surface area contributed by atoms with Gasteiger partial charge in [-0.2, -0.15) is 9.40 Å². The molecule has 0 saturated carbocycles. The Morgan fingerprint density at radius 2 is 2.03 bits per heavy atom. The van der Waals surface area contributed by atoms with Gasteiger partial charge in [-0.3, -0.25) is 9.67 Å². The second-order valence-corrected chi connectivity index (χ2v) is 9.46. The van der Waals surface area contributed by atoms with Crippen LogP contribution in [0.2, 0.25) is 0 Å². The van der Waals surface area contributed by atoms with Gasteiger partial charge in [0.2, 0.25) is 10.0 Å². The molecule has 174 valence electrons. The predicted molar refractivity (Wildman–Crippen MR) is 129 cm³/mol. The van der Waals surface area contributed by atoms with Crippen LogP contribution in [-0.4, -0.2) is 97.3 Å². The average Bonchev–Trinajstić information content (AvgIpc) is 3.36. The number of rotatable bonds is 7. The number of hydrogen-bond donors (Lipinski definition) is 1. The fourth-order valence-corrected chi connectivity index (χ4v) is 4.92. The highest BCUT2D eigenvalue weighted by atomic mass is 127. The first-order chi connectivity index (χ1) is 14.3. The second-order valence-electron chi connectivity index (χ2n) is 7.49. The Morgan fingerprint density at radius 3 is 2.55 bits per heavy atom. The number of aromatic nitrogens is 3. The Labute approximate surface area is 200 Å². The van der Waals surface area contributed by atoms with Gasteiger partial charge in [-0.05, 0) is 14.1 Å². The number of aliphatic imine (C=N–C) groups is 1. The van der Waals surface area contributed by atoms with Gasteiger partial charge in [-0.1, -0.05) is 5.16 Å². The summed E-state index contributed by atoms with van der Waals surface area (Å²) in [5.41, 5.74) is 1.54. The van der Waals surface area contributed by atoms with Gasteiger partial charge in [-0.25, -0.2) is 8.42 Å². The minimum absolute atomic E-state index is 0. The van der Waals surface area contributed by atoms with Gasteiger partial charge in [0.1, 0.15) is 12.0 Å². The summed E-state index contributed by atoms with van der Waals surface area (Å²) in [7, 11) is 4.27. The maximum absolute atomic E-state index is 12.6. The van der Waals surface area contributed by atoms with Crippen molar-refractivity contribution in [3.05, 3.63) is 36.0 Å². The molecule has 0 amide bonds. The molecular weight excluding hydrogens is 535 g/mol. The summed E-state index contributed by atoms with van der Waals surface area (Å²) >= 11 is 0. The van der Waals surface area contributed by atoms with Crippen molar-refractivity contribution in [3.8, 4) is 0 Å². The van der Waals surface area contributed by atoms with Crippen LogP contribution in [0, 0.1) is 0 Å². The third kappa shape index (κ3) is 6.63. The predicted octanol–water partition coefficient (Wildman–Crippen LogP) is 0.352. The topological polar surface area (TPSA) is 112 Å². The van der Waals surface area contributed by atoms with Gasteiger partial charge in [0.05, 0.1) is 17.9 Å². The van der Waals surface area contributed by atoms with Crippen LogP contribution in [0.5, 0.6) is 0 Å². The fraction of sp³-hybridized carbons (Fsp3) is 0.611. The molecule has 0 radical (unpaired) electrons. The SMILES string of the molecule is CN=C(NCC(c1cnn(C)c1)N(C)C)N1CCN(S(=O)(=O)Cc2ccon2)CC1.I. The van der Waals surface area contributed by atoms with Gasteiger partial charge >= 0.3 is 0 Å². The van der Waals surface area contributed by atoms with Crippen LogP contribution >= 0.6 is 24.0 Å². The van der Waals surface area contributed by atoms with Crippen molar-refractivity contribution >= 4 is 40.0 Å². The molecule has 1 N–H and O–H groups in total. The van der Waals surface area contributed by atoms with Crippen molar-refractivity contribution in [2.45, 2.75) is 11.8 Å². The summed E-state index contributed by atoms with van der Waals surface area (Å²) in [6.07, 6.45) is 5.26. The molecule has 2 aromatic heterocycles. The average molecular weight is 566 g/mol. The summed E-state index contributed by atoms with van der Waals surface area (Å²) in [6.45, 7) is 2.60. The quantitative estimate of drug-likeness (QED) is 0.291. The molecule has 1 fully saturated rings. The van der Waals surface area contributed by atoms with Gasteiger partial charge in [0.25, 0.3) is 0 Å². The zero-order valence-electron chi connectivity index (χ0n) is 18.3. The van der Waals surface area contributed by atoms with E-state index >= 15 is 0 Å². The van der Waals surface area contributed by atoms with E-state index in [0.29, 0.717) is 38.4 Å². The van der Waals surface area contributed by atoms with Gasteiger partial charge in [0, 0.05) is 64.6 Å². The molecule has 0 aromatic carbocycles. The van der Waals surface area contributed by atoms with Crippen LogP contribution in [0.4, 0.5) is 0 Å². The lowest BCUT2D eigenvalue weighted by molar-refractivity contribution is 0.254. The Bertz CT molecular complexity index is 937. The van der Waals surface area contributed by atoms with E-state index in [2.05, 4.69) is 30.4 Å². The summed E-state index contributed by atoms with van der Waals surface area (Å²) in [5, 5.41) is 11.4. The zero-order chi connectivity index (χ0) is 21.7. The highest BCUT2D eigenvalue weighted by Crippen LogP contribution is 2.17. The van der Waals surface area contributed by atoms with Crippen LogP contribution in [0.25, 0.3) is 0 Å². The number of nitrogens with zero attached hydrogens (tertiary/aromatic N) is 7. The standard InChI is InChI=1S/C18H30N8O3S.HI/c1-19-18(20-12-17(23(2)3)15-11-21-24(4)13-15)25-6-8-26(9-7-25)30(27,28)14-16-5-10-29-22-16;/h5,10-11,13,17H,6-9,12,14H2,1-4H3,(H,19,20);1H. The van der Waals surface area contributed by atoms with Crippen molar-refractivity contribution < 1.29 is 12.9 Å². The highest BCUT2D eigenvalue weighted by Gasteiger charge is 2.29. The summed E-state index contributed by atoms with van der Waals surface area (Å²) < 4.78 is 33.3. The Morgan fingerprint density at radius 1 is 1.32 bits per heavy atom. The van der Waals surface area contributed by atoms with E-state index in [4.69, 9.17) is 4.52 Å². The highest BCUT2D eigenvalue weighted by molar-refractivity contribution is 14.0. The van der Waals surface area contributed by atoms with Gasteiger partial charge in [0.15, 0.2) is 5.96 Å². The first kappa shape index (κ1) is 25.5. The van der Waals surface area contributed by atoms with E-state index in [1.807, 2.05) is 33.5 Å². The summed E-state index contributed by atoms with van der Waals surface area (Å²) in [5.74, 6) is 0.617. The largest absolute Gasteiger partial charge is 0.364 e. The molecule has 1 saturated heterocycles. The number of halogens is 1. The number of nitrogens with one attached hydrogen (secondary N) is 1. The molecule has 0 aliphatic carbocycles. The Kier molecular flexibility index (Phi) is 9.27. The number of guanidine groups is 1. The first-order valence-corrected chi connectivity index (χ1v) is 11.4. The molecule has 31 heavy (non-hydrogen) atoms. The molecule has 0 bridgehead atoms. The van der Waals surface area contributed by atoms with Crippen molar-refractivity contribution in [1.82, 2.24) is 34.4 Å². The van der Waals surface area contributed by atoms with E-state index in [0.717, 1.165) is 11.5 Å². The van der Waals surface area contributed by atoms with Crippen molar-refractivity contribution in [2.24, 2.45) is 12.0 Å². The molecule has 1 unspecified atom stereocenters. The number of sulfonamides is 1. The number of piperazine rings is 1. The molecule has 1 aliphatic heterocycles. The van der Waals surface area contributed by atoms with E-state index < -0.39 is 10.0 Å².